The number of esters is 1. The second-order valence-corrected chi connectivity index (χ2v) is 9.00. The first-order valence-electron chi connectivity index (χ1n) is 9.94. The maximum absolute atomic E-state index is 11.6. The van der Waals surface area contributed by atoms with Gasteiger partial charge in [-0.15, -0.1) is 0 Å². The molecule has 0 bridgehead atoms. The highest BCUT2D eigenvalue weighted by Gasteiger charge is 2.12. The molecule has 1 unspecified atom stereocenters. The Morgan fingerprint density at radius 1 is 0.893 bits per heavy atom. The quantitative estimate of drug-likeness (QED) is 0.104. The van der Waals surface area contributed by atoms with Gasteiger partial charge in [0.15, 0.2) is 0 Å². The molecule has 0 spiro atoms. The minimum absolute atomic E-state index is 0.133. The fourth-order valence-corrected chi connectivity index (χ4v) is 2.92. The van der Waals surface area contributed by atoms with Gasteiger partial charge in [-0.1, -0.05) is 38.7 Å². The molecule has 0 amide bonds. The van der Waals surface area contributed by atoms with Crippen molar-refractivity contribution in [3.8, 4) is 0 Å². The van der Waals surface area contributed by atoms with Crippen molar-refractivity contribution in [1.29, 1.82) is 0 Å². The van der Waals surface area contributed by atoms with Crippen LogP contribution in [0.4, 0.5) is 0 Å². The summed E-state index contributed by atoms with van der Waals surface area (Å²) in [5, 5.41) is 0. The van der Waals surface area contributed by atoms with Gasteiger partial charge in [0, 0.05) is 12.7 Å². The predicted molar refractivity (Wildman–Crippen MR) is 107 cm³/mol. The highest BCUT2D eigenvalue weighted by molar-refractivity contribution is 7.45. The van der Waals surface area contributed by atoms with Gasteiger partial charge in [-0.3, -0.25) is 4.57 Å². The average molecular weight is 423 g/mol. The smallest absolute Gasteiger partial charge is 0.330 e. The molecule has 166 valence electrons. The third kappa shape index (κ3) is 20.0. The van der Waals surface area contributed by atoms with Crippen molar-refractivity contribution in [2.45, 2.75) is 44.9 Å². The van der Waals surface area contributed by atoms with Gasteiger partial charge >= 0.3 is 5.97 Å². The first-order valence-corrected chi connectivity index (χ1v) is 11.4. The molecule has 0 heterocycles. The lowest BCUT2D eigenvalue weighted by atomic mass is 10.1. The molecule has 1 atom stereocenters. The maximum Gasteiger partial charge on any atom is 0.330 e. The molecule has 8 nitrogen and oxygen atoms in total. The highest BCUT2D eigenvalue weighted by Crippen LogP contribution is 2.38. The van der Waals surface area contributed by atoms with Gasteiger partial charge in [0.1, 0.15) is 19.8 Å². The third-order valence-corrected chi connectivity index (χ3v) is 4.83. The first-order chi connectivity index (χ1) is 13.2. The van der Waals surface area contributed by atoms with Crippen LogP contribution in [0.1, 0.15) is 44.9 Å². The molecule has 0 aliphatic carbocycles. The number of carbonyl (C=O) groups is 1. The molecule has 0 aliphatic heterocycles. The summed E-state index contributed by atoms with van der Waals surface area (Å²) in [6.45, 7) is 5.54. The Labute approximate surface area is 170 Å². The summed E-state index contributed by atoms with van der Waals surface area (Å²) in [7, 11) is 1.73. The van der Waals surface area contributed by atoms with Gasteiger partial charge in [-0.25, -0.2) is 4.79 Å². The molecular weight excluding hydrogens is 385 g/mol. The van der Waals surface area contributed by atoms with E-state index in [0.717, 1.165) is 44.6 Å². The van der Waals surface area contributed by atoms with E-state index >= 15 is 0 Å². The summed E-state index contributed by atoms with van der Waals surface area (Å²) >= 11 is 0. The number of phosphoric ester groups is 1. The standard InChI is InChI=1S/C19H38NO7P/c1-5-19(21)25-18-17-24-14-11-9-7-6-8-10-12-15-26-28(22,23)27-16-13-20(2,3)4/h5H,1,6-18H2,2-4H3. The molecule has 0 aliphatic rings. The van der Waals surface area contributed by atoms with Gasteiger partial charge < -0.3 is 27.9 Å². The van der Waals surface area contributed by atoms with Crippen LogP contribution in [0, 0.1) is 0 Å². The van der Waals surface area contributed by atoms with Crippen LogP contribution in [0.25, 0.3) is 0 Å². The zero-order valence-corrected chi connectivity index (χ0v) is 18.6. The Morgan fingerprint density at radius 2 is 1.43 bits per heavy atom. The number of unbranched alkanes of at least 4 members (excludes halogenated alkanes) is 6. The first kappa shape index (κ1) is 27.2. The lowest BCUT2D eigenvalue weighted by molar-refractivity contribution is -0.870. The molecule has 9 heteroatoms. The number of rotatable bonds is 19. The molecule has 0 saturated heterocycles. The van der Waals surface area contributed by atoms with Crippen LogP contribution in [0.2, 0.25) is 0 Å². The maximum atomic E-state index is 11.6. The fourth-order valence-electron chi connectivity index (χ4n) is 2.19. The molecule has 0 fully saturated rings. The monoisotopic (exact) mass is 423 g/mol. The Hall–Kier alpha value is -0.760. The third-order valence-electron chi connectivity index (χ3n) is 3.83. The van der Waals surface area contributed by atoms with Crippen LogP contribution < -0.4 is 4.89 Å². The Kier molecular flexibility index (Phi) is 15.6. The normalized spacial score (nSPS) is 13.9. The number of carbonyl (C=O) groups excluding carboxylic acids is 1. The number of likely N-dealkylation sites (N-methyl/N-ethyl adjacent to an activating group) is 1. The Morgan fingerprint density at radius 3 is 2.00 bits per heavy atom. The molecule has 0 aromatic heterocycles. The summed E-state index contributed by atoms with van der Waals surface area (Å²) in [5.74, 6) is -0.431. The van der Waals surface area contributed by atoms with E-state index in [2.05, 4.69) is 6.58 Å². The highest BCUT2D eigenvalue weighted by atomic mass is 31.2. The molecule has 0 aromatic carbocycles. The second kappa shape index (κ2) is 16.1. The lowest BCUT2D eigenvalue weighted by Gasteiger charge is -2.27. The van der Waals surface area contributed by atoms with Gasteiger partial charge in [-0.2, -0.15) is 0 Å². The van der Waals surface area contributed by atoms with Crippen LogP contribution in [0.3, 0.4) is 0 Å². The van der Waals surface area contributed by atoms with Gasteiger partial charge in [0.05, 0.1) is 34.4 Å². The number of nitrogens with zero attached hydrogens (tertiary/aromatic N) is 1. The zero-order chi connectivity index (χ0) is 21.3. The fraction of sp³-hybridized carbons (Fsp3) is 0.842. The number of hydrogen-bond acceptors (Lipinski definition) is 7. The molecular formula is C19H38NO7P. The number of ether oxygens (including phenoxy) is 2. The van der Waals surface area contributed by atoms with Crippen molar-refractivity contribution in [2.75, 3.05) is 60.7 Å². The molecule has 0 aromatic rings. The zero-order valence-electron chi connectivity index (χ0n) is 17.7. The molecule has 0 rings (SSSR count). The molecule has 0 N–H and O–H groups in total. The van der Waals surface area contributed by atoms with Crippen molar-refractivity contribution >= 4 is 13.8 Å². The van der Waals surface area contributed by atoms with E-state index in [4.69, 9.17) is 18.5 Å². The number of hydrogen-bond donors (Lipinski definition) is 0. The van der Waals surface area contributed by atoms with E-state index < -0.39 is 13.8 Å². The minimum Gasteiger partial charge on any atom is -0.756 e. The molecule has 0 radical (unpaired) electrons. The average Bonchev–Trinajstić information content (AvgIpc) is 2.60. The number of quaternary nitrogens is 1. The van der Waals surface area contributed by atoms with Crippen LogP contribution in [0.5, 0.6) is 0 Å². The van der Waals surface area contributed by atoms with E-state index in [1.54, 1.807) is 0 Å². The van der Waals surface area contributed by atoms with Crippen molar-refractivity contribution in [3.63, 3.8) is 0 Å². The predicted octanol–water partition coefficient (Wildman–Crippen LogP) is 2.67. The van der Waals surface area contributed by atoms with E-state index in [9.17, 15) is 14.3 Å². The van der Waals surface area contributed by atoms with Crippen LogP contribution in [0.15, 0.2) is 12.7 Å². The topological polar surface area (TPSA) is 94.1 Å². The van der Waals surface area contributed by atoms with Crippen molar-refractivity contribution in [2.24, 2.45) is 0 Å². The second-order valence-electron chi connectivity index (χ2n) is 7.59. The Bertz CT molecular complexity index is 466. The van der Waals surface area contributed by atoms with E-state index in [1.807, 2.05) is 21.1 Å². The van der Waals surface area contributed by atoms with Gasteiger partial charge in [-0.05, 0) is 12.8 Å². The lowest BCUT2D eigenvalue weighted by Crippen LogP contribution is -2.37. The van der Waals surface area contributed by atoms with Crippen LogP contribution >= 0.6 is 7.82 Å². The van der Waals surface area contributed by atoms with Gasteiger partial charge in [0.25, 0.3) is 7.82 Å². The summed E-state index contributed by atoms with van der Waals surface area (Å²) in [6.07, 6.45) is 8.10. The Balaban J connectivity index is 3.36. The summed E-state index contributed by atoms with van der Waals surface area (Å²) in [6, 6.07) is 0. The minimum atomic E-state index is -4.17. The molecule has 0 saturated carbocycles. The van der Waals surface area contributed by atoms with Gasteiger partial charge in [0.2, 0.25) is 0 Å². The largest absolute Gasteiger partial charge is 0.756 e. The summed E-state index contributed by atoms with van der Waals surface area (Å²) in [4.78, 5) is 22.4. The van der Waals surface area contributed by atoms with E-state index in [0.29, 0.717) is 30.7 Å². The van der Waals surface area contributed by atoms with Crippen LogP contribution in [-0.4, -0.2) is 71.2 Å². The molecule has 28 heavy (non-hydrogen) atoms. The number of phosphoric acid groups is 1. The SMILES string of the molecule is C=CC(=O)OCCOCCCCCCCCCOP(=O)([O-])OCC[N+](C)(C)C. The van der Waals surface area contributed by atoms with E-state index in [1.165, 1.54) is 0 Å². The van der Waals surface area contributed by atoms with Crippen molar-refractivity contribution in [3.05, 3.63) is 12.7 Å². The van der Waals surface area contributed by atoms with Crippen molar-refractivity contribution < 1.29 is 37.3 Å². The van der Waals surface area contributed by atoms with E-state index in [-0.39, 0.29) is 19.8 Å². The summed E-state index contributed by atoms with van der Waals surface area (Å²) in [5.41, 5.74) is 0. The van der Waals surface area contributed by atoms with Crippen molar-refractivity contribution in [1.82, 2.24) is 0 Å². The van der Waals surface area contributed by atoms with Crippen LogP contribution in [-0.2, 0) is 27.9 Å². The summed E-state index contributed by atoms with van der Waals surface area (Å²) < 4.78 is 32.1.